The van der Waals surface area contributed by atoms with E-state index in [9.17, 15) is 14.7 Å². The van der Waals surface area contributed by atoms with Crippen molar-refractivity contribution in [2.75, 3.05) is 20.0 Å². The second-order valence-corrected chi connectivity index (χ2v) is 5.56. The Morgan fingerprint density at radius 3 is 2.71 bits per heavy atom. The molecule has 1 aromatic rings. The quantitative estimate of drug-likeness (QED) is 0.569. The Labute approximate surface area is 129 Å². The van der Waals surface area contributed by atoms with E-state index in [1.54, 1.807) is 13.2 Å². The van der Waals surface area contributed by atoms with Gasteiger partial charge in [-0.2, -0.15) is 0 Å². The van der Waals surface area contributed by atoms with E-state index in [1.807, 2.05) is 25.3 Å². The van der Waals surface area contributed by atoms with Crippen LogP contribution in [0.5, 0.6) is 0 Å². The van der Waals surface area contributed by atoms with Gasteiger partial charge in [0.15, 0.2) is 0 Å². The van der Waals surface area contributed by atoms with E-state index in [2.05, 4.69) is 5.32 Å². The van der Waals surface area contributed by atoms with Crippen LogP contribution in [0.3, 0.4) is 0 Å². The van der Waals surface area contributed by atoms with Crippen molar-refractivity contribution in [1.82, 2.24) is 5.32 Å². The third-order valence-electron chi connectivity index (χ3n) is 3.13. The van der Waals surface area contributed by atoms with Crippen LogP contribution in [0.2, 0.25) is 0 Å². The van der Waals surface area contributed by atoms with Gasteiger partial charge in [-0.05, 0) is 43.7 Å². The smallest absolute Gasteiger partial charge is 0.326 e. The van der Waals surface area contributed by atoms with Crippen molar-refractivity contribution < 1.29 is 19.4 Å². The molecule has 2 N–H and O–H groups in total. The summed E-state index contributed by atoms with van der Waals surface area (Å²) in [6.45, 7) is 2.31. The van der Waals surface area contributed by atoms with Crippen LogP contribution in [0.1, 0.15) is 28.8 Å². The van der Waals surface area contributed by atoms with E-state index in [0.717, 1.165) is 10.5 Å². The molecule has 0 saturated heterocycles. The lowest BCUT2D eigenvalue weighted by Gasteiger charge is -2.15. The molecule has 0 bridgehead atoms. The van der Waals surface area contributed by atoms with Crippen molar-refractivity contribution in [3.63, 3.8) is 0 Å². The number of amides is 1. The summed E-state index contributed by atoms with van der Waals surface area (Å²) >= 11 is 1.54. The summed E-state index contributed by atoms with van der Waals surface area (Å²) in [6.07, 6.45) is 2.85. The topological polar surface area (TPSA) is 75.6 Å². The minimum absolute atomic E-state index is 0.343. The number of carboxylic acid groups (broad SMARTS) is 1. The fourth-order valence-electron chi connectivity index (χ4n) is 1.90. The molecule has 1 unspecified atom stereocenters. The molecule has 1 aromatic carbocycles. The number of carbonyl (C=O) groups excluding carboxylic acids is 1. The number of hydrogen-bond donors (Lipinski definition) is 2. The van der Waals surface area contributed by atoms with Crippen LogP contribution in [-0.4, -0.2) is 43.0 Å². The Morgan fingerprint density at radius 1 is 1.43 bits per heavy atom. The van der Waals surface area contributed by atoms with Crippen LogP contribution in [-0.2, 0) is 9.53 Å². The monoisotopic (exact) mass is 311 g/mol. The van der Waals surface area contributed by atoms with Crippen molar-refractivity contribution in [3.8, 4) is 0 Å². The molecule has 0 heterocycles. The number of hydrogen-bond acceptors (Lipinski definition) is 4. The zero-order chi connectivity index (χ0) is 15.8. The van der Waals surface area contributed by atoms with Crippen molar-refractivity contribution in [2.45, 2.75) is 30.7 Å². The van der Waals surface area contributed by atoms with Gasteiger partial charge in [-0.15, -0.1) is 11.8 Å². The summed E-state index contributed by atoms with van der Waals surface area (Å²) in [5.74, 6) is -1.38. The zero-order valence-corrected chi connectivity index (χ0v) is 13.3. The van der Waals surface area contributed by atoms with Gasteiger partial charge in [-0.3, -0.25) is 4.79 Å². The van der Waals surface area contributed by atoms with Crippen LogP contribution >= 0.6 is 11.8 Å². The Hall–Kier alpha value is -1.53. The molecule has 0 aliphatic heterocycles. The number of benzene rings is 1. The van der Waals surface area contributed by atoms with E-state index in [0.29, 0.717) is 25.0 Å². The number of thioether (sulfide) groups is 1. The van der Waals surface area contributed by atoms with Gasteiger partial charge in [0.25, 0.3) is 5.91 Å². The highest BCUT2D eigenvalue weighted by Crippen LogP contribution is 2.19. The number of aliphatic carboxylic acids is 1. The Balaban J connectivity index is 2.79. The molecule has 5 nitrogen and oxygen atoms in total. The van der Waals surface area contributed by atoms with Gasteiger partial charge in [-0.25, -0.2) is 4.79 Å². The number of ether oxygens (including phenoxy) is 1. The maximum atomic E-state index is 12.3. The average molecular weight is 311 g/mol. The van der Waals surface area contributed by atoms with Gasteiger partial charge in [0.1, 0.15) is 6.04 Å². The highest BCUT2D eigenvalue weighted by atomic mass is 32.2. The maximum Gasteiger partial charge on any atom is 0.326 e. The first-order valence-corrected chi connectivity index (χ1v) is 7.89. The summed E-state index contributed by atoms with van der Waals surface area (Å²) < 4.78 is 4.90. The number of carbonyl (C=O) groups is 2. The summed E-state index contributed by atoms with van der Waals surface area (Å²) in [5, 5.41) is 11.8. The van der Waals surface area contributed by atoms with E-state index in [-0.39, 0.29) is 5.91 Å². The predicted molar refractivity (Wildman–Crippen MR) is 83.0 cm³/mol. The molecule has 116 valence electrons. The summed E-state index contributed by atoms with van der Waals surface area (Å²) in [4.78, 5) is 24.4. The minimum atomic E-state index is -1.03. The third kappa shape index (κ3) is 5.40. The van der Waals surface area contributed by atoms with E-state index >= 15 is 0 Å². The minimum Gasteiger partial charge on any atom is -0.480 e. The van der Waals surface area contributed by atoms with Crippen molar-refractivity contribution >= 4 is 23.6 Å². The standard InChI is InChI=1S/C15H21NO4S/c1-10-6-7-11(21-3)9-12(10)14(17)16-13(15(18)19)5-4-8-20-2/h6-7,9,13H,4-5,8H2,1-3H3,(H,16,17)(H,18,19). The molecular formula is C15H21NO4S. The Morgan fingerprint density at radius 2 is 2.14 bits per heavy atom. The number of rotatable bonds is 8. The molecule has 0 aliphatic rings. The van der Waals surface area contributed by atoms with Crippen molar-refractivity contribution in [2.24, 2.45) is 0 Å². The molecule has 0 saturated carbocycles. The average Bonchev–Trinajstić information content (AvgIpc) is 2.46. The molecule has 0 fully saturated rings. The number of nitrogens with one attached hydrogen (secondary N) is 1. The fraction of sp³-hybridized carbons (Fsp3) is 0.467. The number of aryl methyl sites for hydroxylation is 1. The van der Waals surface area contributed by atoms with Crippen LogP contribution in [0, 0.1) is 6.92 Å². The number of carboxylic acids is 1. The largest absolute Gasteiger partial charge is 0.480 e. The Kier molecular flexibility index (Phi) is 7.25. The lowest BCUT2D eigenvalue weighted by molar-refractivity contribution is -0.139. The first kappa shape index (κ1) is 17.5. The maximum absolute atomic E-state index is 12.3. The lowest BCUT2D eigenvalue weighted by Crippen LogP contribution is -2.41. The summed E-state index contributed by atoms with van der Waals surface area (Å²) in [5.41, 5.74) is 1.34. The van der Waals surface area contributed by atoms with E-state index in [4.69, 9.17) is 4.74 Å². The molecule has 21 heavy (non-hydrogen) atoms. The second kappa shape index (κ2) is 8.69. The molecule has 0 aromatic heterocycles. The van der Waals surface area contributed by atoms with Gasteiger partial charge in [0, 0.05) is 24.2 Å². The molecule has 1 amide bonds. The molecule has 1 rings (SSSR count). The van der Waals surface area contributed by atoms with Gasteiger partial charge in [0.05, 0.1) is 0 Å². The molecule has 0 aliphatic carbocycles. The van der Waals surface area contributed by atoms with E-state index in [1.165, 1.54) is 11.8 Å². The van der Waals surface area contributed by atoms with Gasteiger partial charge in [-0.1, -0.05) is 6.07 Å². The lowest BCUT2D eigenvalue weighted by atomic mass is 10.1. The van der Waals surface area contributed by atoms with Crippen LogP contribution in [0.25, 0.3) is 0 Å². The number of methoxy groups -OCH3 is 1. The molecule has 6 heteroatoms. The third-order valence-corrected chi connectivity index (χ3v) is 3.86. The highest BCUT2D eigenvalue weighted by Gasteiger charge is 2.21. The van der Waals surface area contributed by atoms with Gasteiger partial charge < -0.3 is 15.2 Å². The molecule has 0 radical (unpaired) electrons. The molecular weight excluding hydrogens is 290 g/mol. The normalized spacial score (nSPS) is 12.0. The van der Waals surface area contributed by atoms with Crippen LogP contribution in [0.4, 0.5) is 0 Å². The summed E-state index contributed by atoms with van der Waals surface area (Å²) in [6, 6.07) is 4.68. The van der Waals surface area contributed by atoms with Crippen molar-refractivity contribution in [1.29, 1.82) is 0 Å². The summed E-state index contributed by atoms with van der Waals surface area (Å²) in [7, 11) is 1.56. The van der Waals surface area contributed by atoms with E-state index < -0.39 is 12.0 Å². The molecule has 0 spiro atoms. The fourth-order valence-corrected chi connectivity index (χ4v) is 2.34. The van der Waals surface area contributed by atoms with Crippen LogP contribution < -0.4 is 5.32 Å². The predicted octanol–water partition coefficient (Wildman–Crippen LogP) is 2.33. The molecule has 1 atom stereocenters. The Bertz CT molecular complexity index is 504. The van der Waals surface area contributed by atoms with Crippen LogP contribution in [0.15, 0.2) is 23.1 Å². The van der Waals surface area contributed by atoms with Gasteiger partial charge in [0.2, 0.25) is 0 Å². The first-order chi connectivity index (χ1) is 9.99. The van der Waals surface area contributed by atoms with Crippen molar-refractivity contribution in [3.05, 3.63) is 29.3 Å². The van der Waals surface area contributed by atoms with Gasteiger partial charge >= 0.3 is 5.97 Å². The first-order valence-electron chi connectivity index (χ1n) is 6.66. The highest BCUT2D eigenvalue weighted by molar-refractivity contribution is 7.98. The SMILES string of the molecule is COCCCC(NC(=O)c1cc(SC)ccc1C)C(=O)O. The second-order valence-electron chi connectivity index (χ2n) is 4.68. The zero-order valence-electron chi connectivity index (χ0n) is 12.5.